The SMILES string of the molecule is O=C(C1CCOCC1)N1CCCC(Cc2ccn[nH]2)C1. The molecule has 0 radical (unpaired) electrons. The minimum absolute atomic E-state index is 0.189. The van der Waals surface area contributed by atoms with Crippen LogP contribution in [0.25, 0.3) is 0 Å². The van der Waals surface area contributed by atoms with Gasteiger partial charge in [0.25, 0.3) is 0 Å². The second-order valence-corrected chi connectivity index (χ2v) is 5.97. The fourth-order valence-corrected chi connectivity index (χ4v) is 3.34. The van der Waals surface area contributed by atoms with Gasteiger partial charge >= 0.3 is 0 Å². The van der Waals surface area contributed by atoms with Crippen LogP contribution in [-0.2, 0) is 16.0 Å². The van der Waals surface area contributed by atoms with Crippen molar-refractivity contribution in [3.05, 3.63) is 18.0 Å². The summed E-state index contributed by atoms with van der Waals surface area (Å²) in [7, 11) is 0. The second-order valence-electron chi connectivity index (χ2n) is 5.97. The van der Waals surface area contributed by atoms with E-state index in [4.69, 9.17) is 4.74 Å². The van der Waals surface area contributed by atoms with E-state index in [1.165, 1.54) is 12.1 Å². The number of nitrogens with zero attached hydrogens (tertiary/aromatic N) is 2. The van der Waals surface area contributed by atoms with Crippen molar-refractivity contribution < 1.29 is 9.53 Å². The van der Waals surface area contributed by atoms with Crippen LogP contribution in [0.2, 0.25) is 0 Å². The third-order valence-corrected chi connectivity index (χ3v) is 4.47. The Kier molecular flexibility index (Phi) is 4.35. The Morgan fingerprint density at radius 3 is 3.00 bits per heavy atom. The van der Waals surface area contributed by atoms with E-state index in [0.29, 0.717) is 11.8 Å². The summed E-state index contributed by atoms with van der Waals surface area (Å²) in [5.74, 6) is 1.10. The molecule has 1 atom stereocenters. The van der Waals surface area contributed by atoms with E-state index in [-0.39, 0.29) is 5.92 Å². The molecule has 2 fully saturated rings. The minimum atomic E-state index is 0.189. The zero-order chi connectivity index (χ0) is 13.8. The number of amides is 1. The molecule has 1 aromatic rings. The molecule has 0 saturated carbocycles. The summed E-state index contributed by atoms with van der Waals surface area (Å²) >= 11 is 0. The van der Waals surface area contributed by atoms with Crippen molar-refractivity contribution in [3.63, 3.8) is 0 Å². The number of likely N-dealkylation sites (tertiary alicyclic amines) is 1. The fraction of sp³-hybridized carbons (Fsp3) is 0.733. The molecule has 5 nitrogen and oxygen atoms in total. The van der Waals surface area contributed by atoms with Crippen LogP contribution in [0.4, 0.5) is 0 Å². The van der Waals surface area contributed by atoms with Crippen LogP contribution < -0.4 is 0 Å². The molecular weight excluding hydrogens is 254 g/mol. The van der Waals surface area contributed by atoms with E-state index in [1.54, 1.807) is 6.20 Å². The Hall–Kier alpha value is -1.36. The molecule has 1 N–H and O–H groups in total. The molecule has 0 bridgehead atoms. The number of aromatic amines is 1. The van der Waals surface area contributed by atoms with Crippen molar-refractivity contribution in [2.75, 3.05) is 26.3 Å². The Labute approximate surface area is 119 Å². The van der Waals surface area contributed by atoms with Gasteiger partial charge in [0.05, 0.1) is 0 Å². The molecule has 2 aliphatic rings. The maximum absolute atomic E-state index is 12.6. The smallest absolute Gasteiger partial charge is 0.225 e. The molecule has 110 valence electrons. The van der Waals surface area contributed by atoms with Crippen LogP contribution in [-0.4, -0.2) is 47.3 Å². The lowest BCUT2D eigenvalue weighted by atomic mass is 9.91. The monoisotopic (exact) mass is 277 g/mol. The quantitative estimate of drug-likeness (QED) is 0.913. The Morgan fingerprint density at radius 1 is 1.40 bits per heavy atom. The second kappa shape index (κ2) is 6.39. The van der Waals surface area contributed by atoms with Crippen LogP contribution in [0.3, 0.4) is 0 Å². The van der Waals surface area contributed by atoms with Crippen molar-refractivity contribution in [3.8, 4) is 0 Å². The number of rotatable bonds is 3. The van der Waals surface area contributed by atoms with Gasteiger partial charge in [0, 0.05) is 44.1 Å². The molecule has 5 heteroatoms. The molecule has 2 saturated heterocycles. The van der Waals surface area contributed by atoms with Crippen molar-refractivity contribution >= 4 is 5.91 Å². The molecule has 3 heterocycles. The maximum Gasteiger partial charge on any atom is 0.225 e. The molecule has 3 rings (SSSR count). The number of carbonyl (C=O) groups excluding carboxylic acids is 1. The highest BCUT2D eigenvalue weighted by Crippen LogP contribution is 2.24. The normalized spacial score (nSPS) is 24.8. The Morgan fingerprint density at radius 2 is 2.25 bits per heavy atom. The van der Waals surface area contributed by atoms with Gasteiger partial charge in [-0.2, -0.15) is 5.10 Å². The van der Waals surface area contributed by atoms with Crippen LogP contribution in [0.5, 0.6) is 0 Å². The summed E-state index contributed by atoms with van der Waals surface area (Å²) < 4.78 is 5.35. The van der Waals surface area contributed by atoms with Gasteiger partial charge in [0.1, 0.15) is 0 Å². The first-order valence-corrected chi connectivity index (χ1v) is 7.67. The average molecular weight is 277 g/mol. The van der Waals surface area contributed by atoms with E-state index in [1.807, 2.05) is 6.07 Å². The van der Waals surface area contributed by atoms with E-state index >= 15 is 0 Å². The van der Waals surface area contributed by atoms with E-state index in [9.17, 15) is 4.79 Å². The lowest BCUT2D eigenvalue weighted by Crippen LogP contribution is -2.44. The number of carbonyl (C=O) groups is 1. The molecule has 1 aromatic heterocycles. The molecule has 1 unspecified atom stereocenters. The van der Waals surface area contributed by atoms with Gasteiger partial charge in [0.2, 0.25) is 5.91 Å². The molecule has 20 heavy (non-hydrogen) atoms. The molecule has 0 aliphatic carbocycles. The van der Waals surface area contributed by atoms with Crippen LogP contribution in [0.1, 0.15) is 31.4 Å². The highest BCUT2D eigenvalue weighted by atomic mass is 16.5. The number of H-pyrrole nitrogens is 1. The van der Waals surface area contributed by atoms with E-state index < -0.39 is 0 Å². The van der Waals surface area contributed by atoms with Crippen LogP contribution >= 0.6 is 0 Å². The van der Waals surface area contributed by atoms with E-state index in [0.717, 1.165) is 52.0 Å². The topological polar surface area (TPSA) is 58.2 Å². The van der Waals surface area contributed by atoms with Gasteiger partial charge in [-0.1, -0.05) is 0 Å². The van der Waals surface area contributed by atoms with Crippen LogP contribution in [0, 0.1) is 11.8 Å². The molecule has 2 aliphatic heterocycles. The lowest BCUT2D eigenvalue weighted by Gasteiger charge is -2.35. The summed E-state index contributed by atoms with van der Waals surface area (Å²) in [5.41, 5.74) is 1.18. The maximum atomic E-state index is 12.6. The van der Waals surface area contributed by atoms with Crippen molar-refractivity contribution in [1.29, 1.82) is 0 Å². The first kappa shape index (κ1) is 13.6. The summed E-state index contributed by atoms with van der Waals surface area (Å²) in [6.45, 7) is 3.30. The number of ether oxygens (including phenoxy) is 1. The Bertz CT molecular complexity index is 426. The highest BCUT2D eigenvalue weighted by molar-refractivity contribution is 5.79. The number of piperidine rings is 1. The Balaban J connectivity index is 1.55. The largest absolute Gasteiger partial charge is 0.381 e. The van der Waals surface area contributed by atoms with Gasteiger partial charge in [-0.25, -0.2) is 0 Å². The number of nitrogens with one attached hydrogen (secondary N) is 1. The third kappa shape index (κ3) is 3.20. The highest BCUT2D eigenvalue weighted by Gasteiger charge is 2.30. The number of hydrogen-bond donors (Lipinski definition) is 1. The summed E-state index contributed by atoms with van der Waals surface area (Å²) in [5, 5.41) is 7.02. The molecule has 0 spiro atoms. The third-order valence-electron chi connectivity index (χ3n) is 4.47. The van der Waals surface area contributed by atoms with Gasteiger partial charge in [-0.15, -0.1) is 0 Å². The van der Waals surface area contributed by atoms with Crippen molar-refractivity contribution in [2.45, 2.75) is 32.1 Å². The van der Waals surface area contributed by atoms with Gasteiger partial charge in [-0.05, 0) is 44.1 Å². The standard InChI is InChI=1S/C15H23N3O2/c19-15(13-4-8-20-9-5-13)18-7-1-2-12(11-18)10-14-3-6-16-17-14/h3,6,12-13H,1-2,4-5,7-11H2,(H,16,17). The molecule has 1 amide bonds. The fourth-order valence-electron chi connectivity index (χ4n) is 3.34. The summed E-state index contributed by atoms with van der Waals surface area (Å²) in [6, 6.07) is 2.03. The number of aromatic nitrogens is 2. The van der Waals surface area contributed by atoms with Gasteiger partial charge in [-0.3, -0.25) is 9.89 Å². The van der Waals surface area contributed by atoms with Gasteiger partial charge in [0.15, 0.2) is 0 Å². The van der Waals surface area contributed by atoms with Crippen LogP contribution in [0.15, 0.2) is 12.3 Å². The minimum Gasteiger partial charge on any atom is -0.381 e. The van der Waals surface area contributed by atoms with Gasteiger partial charge < -0.3 is 9.64 Å². The molecular formula is C15H23N3O2. The predicted molar refractivity (Wildman–Crippen MR) is 75.1 cm³/mol. The average Bonchev–Trinajstić information content (AvgIpc) is 3.01. The molecule has 0 aromatic carbocycles. The summed E-state index contributed by atoms with van der Waals surface area (Å²) in [4.78, 5) is 14.6. The zero-order valence-electron chi connectivity index (χ0n) is 11.9. The lowest BCUT2D eigenvalue weighted by molar-refractivity contribution is -0.140. The van der Waals surface area contributed by atoms with E-state index in [2.05, 4.69) is 15.1 Å². The first-order valence-electron chi connectivity index (χ1n) is 7.67. The number of hydrogen-bond acceptors (Lipinski definition) is 3. The van der Waals surface area contributed by atoms with Crippen molar-refractivity contribution in [1.82, 2.24) is 15.1 Å². The predicted octanol–water partition coefficient (Wildman–Crippen LogP) is 1.62. The zero-order valence-corrected chi connectivity index (χ0v) is 11.9. The van der Waals surface area contributed by atoms with Crippen molar-refractivity contribution in [2.24, 2.45) is 11.8 Å². The summed E-state index contributed by atoms with van der Waals surface area (Å²) in [6.07, 6.45) is 6.89. The first-order chi connectivity index (χ1) is 9.83.